The first-order valence-electron chi connectivity index (χ1n) is 9.16. The monoisotopic (exact) mass is 392 g/mol. The average Bonchev–Trinajstić information content (AvgIpc) is 3.23. The summed E-state index contributed by atoms with van der Waals surface area (Å²) in [4.78, 5) is 27.5. The van der Waals surface area contributed by atoms with E-state index in [-0.39, 0.29) is 30.4 Å². The van der Waals surface area contributed by atoms with E-state index in [4.69, 9.17) is 10.00 Å². The van der Waals surface area contributed by atoms with Crippen LogP contribution < -0.4 is 10.1 Å². The lowest BCUT2D eigenvalue weighted by molar-refractivity contribution is -0.128. The fraction of sp³-hybridized carbons (Fsp3) is 0.526. The van der Waals surface area contributed by atoms with E-state index in [2.05, 4.69) is 11.4 Å². The highest BCUT2D eigenvalue weighted by atomic mass is 35.5. The highest BCUT2D eigenvalue weighted by molar-refractivity contribution is 6.04. The molecule has 8 heteroatoms. The number of hydrogen-bond acceptors (Lipinski definition) is 5. The summed E-state index contributed by atoms with van der Waals surface area (Å²) >= 11 is 0. The van der Waals surface area contributed by atoms with Crippen LogP contribution in [-0.2, 0) is 4.79 Å². The van der Waals surface area contributed by atoms with Crippen LogP contribution in [0.1, 0.15) is 31.2 Å². The van der Waals surface area contributed by atoms with Gasteiger partial charge in [-0.15, -0.1) is 12.4 Å². The van der Waals surface area contributed by atoms with E-state index in [0.717, 1.165) is 44.5 Å². The molecule has 0 radical (unpaired) electrons. The number of rotatable bonds is 9. The van der Waals surface area contributed by atoms with Crippen molar-refractivity contribution in [2.45, 2.75) is 31.7 Å². The molecule has 2 heterocycles. The lowest BCUT2D eigenvalue weighted by Gasteiger charge is -2.15. The molecule has 0 aromatic heterocycles. The van der Waals surface area contributed by atoms with Crippen LogP contribution in [0.2, 0.25) is 0 Å². The van der Waals surface area contributed by atoms with Crippen molar-refractivity contribution >= 4 is 24.3 Å². The first-order valence-corrected chi connectivity index (χ1v) is 9.16. The maximum absolute atomic E-state index is 12.2. The van der Waals surface area contributed by atoms with Crippen LogP contribution in [0, 0.1) is 11.3 Å². The molecule has 7 nitrogen and oxygen atoms in total. The Balaban J connectivity index is 0.00000261. The van der Waals surface area contributed by atoms with Gasteiger partial charge in [-0.25, -0.2) is 4.79 Å². The van der Waals surface area contributed by atoms with Gasteiger partial charge >= 0.3 is 6.03 Å². The number of urea groups is 1. The minimum atomic E-state index is -0.194. The van der Waals surface area contributed by atoms with Crippen LogP contribution in [-0.4, -0.2) is 60.6 Å². The molecule has 1 aromatic carbocycles. The van der Waals surface area contributed by atoms with E-state index in [1.54, 1.807) is 29.2 Å². The molecule has 2 aliphatic rings. The van der Waals surface area contributed by atoms with Gasteiger partial charge in [-0.05, 0) is 56.5 Å². The molecule has 2 aliphatic heterocycles. The van der Waals surface area contributed by atoms with Crippen LogP contribution in [0.5, 0.6) is 5.75 Å². The Morgan fingerprint density at radius 2 is 1.96 bits per heavy atom. The van der Waals surface area contributed by atoms with Crippen LogP contribution in [0.4, 0.5) is 4.79 Å². The third kappa shape index (κ3) is 5.12. The Morgan fingerprint density at radius 1 is 1.19 bits per heavy atom. The zero-order valence-electron chi connectivity index (χ0n) is 15.2. The number of amides is 3. The molecule has 0 aliphatic carbocycles. The molecule has 1 atom stereocenters. The van der Waals surface area contributed by atoms with Gasteiger partial charge in [0.05, 0.1) is 11.6 Å². The first-order chi connectivity index (χ1) is 12.7. The second-order valence-corrected chi connectivity index (χ2v) is 6.57. The molecule has 0 spiro atoms. The molecule has 1 N–H and O–H groups in total. The highest BCUT2D eigenvalue weighted by Gasteiger charge is 2.46. The van der Waals surface area contributed by atoms with Gasteiger partial charge in [0.25, 0.3) is 5.91 Å². The van der Waals surface area contributed by atoms with Crippen molar-refractivity contribution in [1.29, 1.82) is 5.26 Å². The molecular formula is C19H25ClN4O3. The molecule has 0 bridgehead atoms. The van der Waals surface area contributed by atoms with Crippen molar-refractivity contribution in [2.24, 2.45) is 0 Å². The standard InChI is InChI=1S/C19H24N4O3.ClH/c20-14-15-5-7-16(8-6-15)26-13-10-21-9-1-2-11-23-18(24)17-4-3-12-22(17)19(23)25;/h5-8,17,21H,1-4,9-13H2;1H. The number of unbranched alkanes of at least 4 members (excludes halogenated alkanes) is 1. The van der Waals surface area contributed by atoms with Crippen LogP contribution >= 0.6 is 12.4 Å². The number of fused-ring (bicyclic) bond motifs is 1. The lowest BCUT2D eigenvalue weighted by Crippen LogP contribution is -2.34. The van der Waals surface area contributed by atoms with Crippen molar-refractivity contribution in [3.05, 3.63) is 29.8 Å². The number of nitriles is 1. The SMILES string of the molecule is Cl.N#Cc1ccc(OCCNCCCCN2C(=O)C3CCCN3C2=O)cc1. The molecule has 1 aromatic rings. The van der Waals surface area contributed by atoms with Gasteiger partial charge in [0.1, 0.15) is 18.4 Å². The summed E-state index contributed by atoms with van der Waals surface area (Å²) in [7, 11) is 0. The second kappa shape index (κ2) is 10.1. The highest BCUT2D eigenvalue weighted by Crippen LogP contribution is 2.27. The van der Waals surface area contributed by atoms with E-state index >= 15 is 0 Å². The summed E-state index contributed by atoms with van der Waals surface area (Å²) in [5, 5.41) is 12.0. The van der Waals surface area contributed by atoms with Crippen molar-refractivity contribution in [3.8, 4) is 11.8 Å². The summed E-state index contributed by atoms with van der Waals surface area (Å²) in [6, 6.07) is 8.80. The molecular weight excluding hydrogens is 368 g/mol. The Bertz CT molecular complexity index is 667. The number of halogens is 1. The summed E-state index contributed by atoms with van der Waals surface area (Å²) in [5.41, 5.74) is 0.617. The summed E-state index contributed by atoms with van der Waals surface area (Å²) in [6.45, 7) is 3.31. The third-order valence-corrected chi connectivity index (χ3v) is 4.80. The molecule has 3 amide bonds. The maximum Gasteiger partial charge on any atom is 0.327 e. The summed E-state index contributed by atoms with van der Waals surface area (Å²) in [6.07, 6.45) is 3.45. The zero-order valence-corrected chi connectivity index (χ0v) is 16.0. The van der Waals surface area contributed by atoms with E-state index in [1.807, 2.05) is 0 Å². The van der Waals surface area contributed by atoms with Gasteiger partial charge in [-0.1, -0.05) is 0 Å². The average molecular weight is 393 g/mol. The topological polar surface area (TPSA) is 85.7 Å². The molecule has 3 rings (SSSR count). The van der Waals surface area contributed by atoms with E-state index in [0.29, 0.717) is 25.3 Å². The largest absolute Gasteiger partial charge is 0.492 e. The molecule has 0 saturated carbocycles. The number of nitrogens with zero attached hydrogens (tertiary/aromatic N) is 3. The fourth-order valence-corrected chi connectivity index (χ4v) is 3.40. The predicted octanol–water partition coefficient (Wildman–Crippen LogP) is 2.16. The number of hydrogen-bond donors (Lipinski definition) is 1. The number of nitrogens with one attached hydrogen (secondary N) is 1. The molecule has 27 heavy (non-hydrogen) atoms. The van der Waals surface area contributed by atoms with Gasteiger partial charge in [0.2, 0.25) is 0 Å². The fourth-order valence-electron chi connectivity index (χ4n) is 3.40. The zero-order chi connectivity index (χ0) is 18.4. The van der Waals surface area contributed by atoms with Crippen LogP contribution in [0.25, 0.3) is 0 Å². The first kappa shape index (κ1) is 21.0. The number of benzene rings is 1. The van der Waals surface area contributed by atoms with Crippen molar-refractivity contribution in [1.82, 2.24) is 15.1 Å². The summed E-state index contributed by atoms with van der Waals surface area (Å²) in [5.74, 6) is 0.730. The van der Waals surface area contributed by atoms with Crippen molar-refractivity contribution < 1.29 is 14.3 Å². The minimum Gasteiger partial charge on any atom is -0.492 e. The Morgan fingerprint density at radius 3 is 2.67 bits per heavy atom. The Labute approximate surface area is 165 Å². The molecule has 2 saturated heterocycles. The normalized spacial score (nSPS) is 18.3. The smallest absolute Gasteiger partial charge is 0.327 e. The number of ether oxygens (including phenoxy) is 1. The lowest BCUT2D eigenvalue weighted by atomic mass is 10.2. The van der Waals surface area contributed by atoms with Crippen molar-refractivity contribution in [3.63, 3.8) is 0 Å². The second-order valence-electron chi connectivity index (χ2n) is 6.57. The Hall–Kier alpha value is -2.30. The number of carbonyl (C=O) groups is 2. The maximum atomic E-state index is 12.2. The van der Waals surface area contributed by atoms with E-state index in [9.17, 15) is 9.59 Å². The van der Waals surface area contributed by atoms with Gasteiger partial charge < -0.3 is 15.0 Å². The Kier molecular flexibility index (Phi) is 7.89. The summed E-state index contributed by atoms with van der Waals surface area (Å²) < 4.78 is 5.59. The molecule has 146 valence electrons. The van der Waals surface area contributed by atoms with Crippen molar-refractivity contribution in [2.75, 3.05) is 32.8 Å². The third-order valence-electron chi connectivity index (χ3n) is 4.80. The van der Waals surface area contributed by atoms with Crippen LogP contribution in [0.15, 0.2) is 24.3 Å². The molecule has 2 fully saturated rings. The van der Waals surface area contributed by atoms with Gasteiger partial charge in [-0.2, -0.15) is 5.26 Å². The quantitative estimate of drug-likeness (QED) is 0.514. The van der Waals surface area contributed by atoms with E-state index < -0.39 is 0 Å². The van der Waals surface area contributed by atoms with Gasteiger partial charge in [0, 0.05) is 19.6 Å². The van der Waals surface area contributed by atoms with Gasteiger partial charge in [-0.3, -0.25) is 9.69 Å². The van der Waals surface area contributed by atoms with Crippen LogP contribution in [0.3, 0.4) is 0 Å². The number of imide groups is 1. The van der Waals surface area contributed by atoms with Gasteiger partial charge in [0.15, 0.2) is 0 Å². The molecule has 1 unspecified atom stereocenters. The minimum absolute atomic E-state index is 0. The number of carbonyl (C=O) groups excluding carboxylic acids is 2. The predicted molar refractivity (Wildman–Crippen MR) is 103 cm³/mol. The van der Waals surface area contributed by atoms with E-state index in [1.165, 1.54) is 4.90 Å².